The molecule has 0 N–H and O–H groups in total. The summed E-state index contributed by atoms with van der Waals surface area (Å²) < 4.78 is 0.795. The Morgan fingerprint density at radius 1 is 0.882 bits per heavy atom. The molecule has 3 rings (SSSR count). The van der Waals surface area contributed by atoms with Crippen LogP contribution in [0.15, 0.2) is 48.5 Å². The third-order valence-corrected chi connectivity index (χ3v) is 4.15. The zero-order valence-corrected chi connectivity index (χ0v) is 11.1. The summed E-state index contributed by atoms with van der Waals surface area (Å²) in [5.74, 6) is 0. The number of hydrogen-bond acceptors (Lipinski definition) is 1. The fraction of sp³-hybridized carbons (Fsp3) is 0. The van der Waals surface area contributed by atoms with E-state index in [1.165, 1.54) is 5.39 Å². The van der Waals surface area contributed by atoms with E-state index in [4.69, 9.17) is 23.2 Å². The van der Waals surface area contributed by atoms with Gasteiger partial charge in [-0.3, -0.25) is 0 Å². The van der Waals surface area contributed by atoms with Crippen LogP contribution in [0.5, 0.6) is 0 Å². The zero-order chi connectivity index (χ0) is 11.8. The van der Waals surface area contributed by atoms with Crippen LogP contribution in [0.3, 0.4) is 0 Å². The highest BCUT2D eigenvalue weighted by Crippen LogP contribution is 2.37. The maximum Gasteiger partial charge on any atom is 0.0934 e. The van der Waals surface area contributed by atoms with Gasteiger partial charge in [0.25, 0.3) is 0 Å². The molecule has 0 aliphatic carbocycles. The van der Waals surface area contributed by atoms with Crippen LogP contribution in [-0.2, 0) is 0 Å². The first-order valence-electron chi connectivity index (χ1n) is 5.18. The van der Waals surface area contributed by atoms with Gasteiger partial charge in [0.2, 0.25) is 0 Å². The minimum atomic E-state index is 0.753. The highest BCUT2D eigenvalue weighted by Gasteiger charge is 2.07. The maximum absolute atomic E-state index is 6.15. The highest BCUT2D eigenvalue weighted by atomic mass is 35.5. The lowest BCUT2D eigenvalue weighted by Crippen LogP contribution is -1.78. The number of halogens is 2. The largest absolute Gasteiger partial charge is 0.123 e. The van der Waals surface area contributed by atoms with Crippen molar-refractivity contribution in [2.45, 2.75) is 0 Å². The van der Waals surface area contributed by atoms with Gasteiger partial charge in [-0.25, -0.2) is 0 Å². The Morgan fingerprint density at radius 3 is 2.47 bits per heavy atom. The Hall–Kier alpha value is -1.02. The summed E-state index contributed by atoms with van der Waals surface area (Å²) in [7, 11) is 0. The van der Waals surface area contributed by atoms with E-state index < -0.39 is 0 Å². The van der Waals surface area contributed by atoms with Crippen molar-refractivity contribution in [3.63, 3.8) is 0 Å². The molecule has 1 aromatic heterocycles. The number of thiophene rings is 1. The number of benzene rings is 2. The van der Waals surface area contributed by atoms with Crippen LogP contribution in [0.1, 0.15) is 0 Å². The minimum Gasteiger partial charge on any atom is -0.123 e. The van der Waals surface area contributed by atoms with Crippen molar-refractivity contribution < 1.29 is 0 Å². The molecule has 0 radical (unpaired) electrons. The molecular weight excluding hydrogens is 271 g/mol. The van der Waals surface area contributed by atoms with Crippen LogP contribution in [0.2, 0.25) is 9.36 Å². The summed E-state index contributed by atoms with van der Waals surface area (Å²) in [6.45, 7) is 0. The molecule has 0 saturated carbocycles. The predicted molar refractivity (Wildman–Crippen MR) is 77.3 cm³/mol. The maximum atomic E-state index is 6.15. The van der Waals surface area contributed by atoms with Crippen molar-refractivity contribution in [3.8, 4) is 10.4 Å². The molecule has 0 spiro atoms. The van der Waals surface area contributed by atoms with Crippen molar-refractivity contribution in [3.05, 3.63) is 57.9 Å². The lowest BCUT2D eigenvalue weighted by atomic mass is 10.0. The van der Waals surface area contributed by atoms with Gasteiger partial charge in [0, 0.05) is 15.5 Å². The summed E-state index contributed by atoms with van der Waals surface area (Å²) in [6.07, 6.45) is 0. The number of fused-ring (bicyclic) bond motifs is 1. The van der Waals surface area contributed by atoms with E-state index >= 15 is 0 Å². The van der Waals surface area contributed by atoms with E-state index in [1.54, 1.807) is 11.3 Å². The van der Waals surface area contributed by atoms with Crippen molar-refractivity contribution >= 4 is 45.3 Å². The molecule has 3 aromatic rings. The first-order chi connectivity index (χ1) is 8.24. The van der Waals surface area contributed by atoms with Gasteiger partial charge in [0.05, 0.1) is 4.34 Å². The van der Waals surface area contributed by atoms with Gasteiger partial charge in [0.1, 0.15) is 0 Å². The van der Waals surface area contributed by atoms with E-state index in [1.807, 2.05) is 36.4 Å². The van der Waals surface area contributed by atoms with Crippen LogP contribution in [0, 0.1) is 0 Å². The van der Waals surface area contributed by atoms with E-state index in [2.05, 4.69) is 12.1 Å². The van der Waals surface area contributed by atoms with Crippen molar-refractivity contribution in [2.24, 2.45) is 0 Å². The molecule has 0 fully saturated rings. The first-order valence-corrected chi connectivity index (χ1v) is 6.75. The van der Waals surface area contributed by atoms with E-state index in [9.17, 15) is 0 Å². The van der Waals surface area contributed by atoms with Crippen molar-refractivity contribution in [2.75, 3.05) is 0 Å². The lowest BCUT2D eigenvalue weighted by molar-refractivity contribution is 1.73. The Bertz CT molecular complexity index is 686. The quantitative estimate of drug-likeness (QED) is 0.522. The topological polar surface area (TPSA) is 0 Å². The number of hydrogen-bond donors (Lipinski definition) is 0. The molecule has 84 valence electrons. The Labute approximate surface area is 113 Å². The molecule has 0 aliphatic heterocycles. The molecular formula is C14H8Cl2S. The van der Waals surface area contributed by atoms with E-state index in [0.29, 0.717) is 0 Å². The zero-order valence-electron chi connectivity index (χ0n) is 8.78. The van der Waals surface area contributed by atoms with Gasteiger partial charge >= 0.3 is 0 Å². The Morgan fingerprint density at radius 2 is 1.71 bits per heavy atom. The second kappa shape index (κ2) is 4.34. The Balaban J connectivity index is 2.35. The van der Waals surface area contributed by atoms with Gasteiger partial charge in [-0.2, -0.15) is 0 Å². The summed E-state index contributed by atoms with van der Waals surface area (Å²) in [6, 6.07) is 16.2. The summed E-state index contributed by atoms with van der Waals surface area (Å²) in [5, 5.41) is 3.11. The average Bonchev–Trinajstić information content (AvgIpc) is 2.74. The van der Waals surface area contributed by atoms with Crippen LogP contribution in [-0.4, -0.2) is 0 Å². The molecule has 2 aromatic carbocycles. The smallest absolute Gasteiger partial charge is 0.0934 e. The molecule has 17 heavy (non-hydrogen) atoms. The highest BCUT2D eigenvalue weighted by molar-refractivity contribution is 7.19. The molecule has 0 saturated heterocycles. The van der Waals surface area contributed by atoms with Crippen LogP contribution < -0.4 is 0 Å². The lowest BCUT2D eigenvalue weighted by Gasteiger charge is -2.05. The Kier molecular flexibility index (Phi) is 2.83. The summed E-state index contributed by atoms with van der Waals surface area (Å²) in [4.78, 5) is 1.15. The average molecular weight is 279 g/mol. The van der Waals surface area contributed by atoms with Crippen molar-refractivity contribution in [1.82, 2.24) is 0 Å². The second-order valence-electron chi connectivity index (χ2n) is 3.78. The van der Waals surface area contributed by atoms with Gasteiger partial charge in [-0.1, -0.05) is 47.5 Å². The fourth-order valence-corrected chi connectivity index (χ4v) is 3.24. The third-order valence-electron chi connectivity index (χ3n) is 2.67. The number of rotatable bonds is 1. The predicted octanol–water partition coefficient (Wildman–Crippen LogP) is 5.88. The molecule has 0 atom stereocenters. The fourth-order valence-electron chi connectivity index (χ4n) is 1.94. The monoisotopic (exact) mass is 278 g/mol. The van der Waals surface area contributed by atoms with Gasteiger partial charge in [-0.05, 0) is 35.0 Å². The molecule has 0 unspecified atom stereocenters. The van der Waals surface area contributed by atoms with E-state index in [-0.39, 0.29) is 0 Å². The molecule has 0 bridgehead atoms. The molecule has 0 nitrogen and oxygen atoms in total. The van der Waals surface area contributed by atoms with E-state index in [0.717, 1.165) is 25.2 Å². The SMILES string of the molecule is Clc1cc(-c2ccc(Cl)s2)c2ccccc2c1. The minimum absolute atomic E-state index is 0.753. The molecule has 0 aliphatic rings. The van der Waals surface area contributed by atoms with Gasteiger partial charge in [-0.15, -0.1) is 11.3 Å². The summed E-state index contributed by atoms with van der Waals surface area (Å²) in [5.41, 5.74) is 1.14. The van der Waals surface area contributed by atoms with Gasteiger partial charge < -0.3 is 0 Å². The standard InChI is InChI=1S/C14H8Cl2S/c15-10-7-9-3-1-2-4-11(9)12(8-10)13-5-6-14(16)17-13/h1-8H. The normalized spacial score (nSPS) is 10.9. The molecule has 3 heteroatoms. The second-order valence-corrected chi connectivity index (χ2v) is 5.93. The van der Waals surface area contributed by atoms with Gasteiger partial charge in [0.15, 0.2) is 0 Å². The van der Waals surface area contributed by atoms with Crippen LogP contribution in [0.25, 0.3) is 21.2 Å². The van der Waals surface area contributed by atoms with Crippen LogP contribution in [0.4, 0.5) is 0 Å². The first kappa shape index (κ1) is 11.1. The van der Waals surface area contributed by atoms with Crippen molar-refractivity contribution in [1.29, 1.82) is 0 Å². The summed E-state index contributed by atoms with van der Waals surface area (Å²) >= 11 is 13.7. The third kappa shape index (κ3) is 2.06. The molecule has 1 heterocycles. The van der Waals surface area contributed by atoms with Crippen LogP contribution >= 0.6 is 34.5 Å². The molecule has 0 amide bonds.